The molecule has 0 N–H and O–H groups in total. The number of ether oxygens (including phenoxy) is 1. The molecule has 0 saturated heterocycles. The third kappa shape index (κ3) is 3.17. The van der Waals surface area contributed by atoms with E-state index in [1.807, 2.05) is 0 Å². The Labute approximate surface area is 112 Å². The van der Waals surface area contributed by atoms with Gasteiger partial charge in [0.15, 0.2) is 0 Å². The van der Waals surface area contributed by atoms with E-state index < -0.39 is 11.7 Å². The van der Waals surface area contributed by atoms with Crippen LogP contribution in [0.1, 0.15) is 11.1 Å². The van der Waals surface area contributed by atoms with Crippen LogP contribution in [-0.2, 0) is 6.18 Å². The first-order chi connectivity index (χ1) is 8.88. The van der Waals surface area contributed by atoms with Crippen molar-refractivity contribution in [3.63, 3.8) is 0 Å². The van der Waals surface area contributed by atoms with E-state index >= 15 is 0 Å². The van der Waals surface area contributed by atoms with Crippen molar-refractivity contribution < 1.29 is 17.9 Å². The van der Waals surface area contributed by atoms with Gasteiger partial charge < -0.3 is 4.74 Å². The van der Waals surface area contributed by atoms with E-state index in [1.54, 1.807) is 19.1 Å². The van der Waals surface area contributed by atoms with E-state index in [9.17, 15) is 13.2 Å². The molecule has 1 aromatic heterocycles. The summed E-state index contributed by atoms with van der Waals surface area (Å²) in [6.45, 7) is 1.75. The van der Waals surface area contributed by atoms with Crippen LogP contribution in [0.3, 0.4) is 0 Å². The fourth-order valence-corrected chi connectivity index (χ4v) is 1.70. The average molecular weight is 288 g/mol. The Hall–Kier alpha value is -1.75. The average Bonchev–Trinajstić information content (AvgIpc) is 2.33. The molecular weight excluding hydrogens is 279 g/mol. The van der Waals surface area contributed by atoms with Crippen LogP contribution in [0.5, 0.6) is 11.6 Å². The van der Waals surface area contributed by atoms with Crippen LogP contribution in [0.25, 0.3) is 0 Å². The smallest absolute Gasteiger partial charge is 0.417 e. The molecule has 100 valence electrons. The molecule has 0 atom stereocenters. The van der Waals surface area contributed by atoms with Crippen molar-refractivity contribution >= 4 is 11.6 Å². The number of rotatable bonds is 2. The molecule has 0 fully saturated rings. The van der Waals surface area contributed by atoms with Crippen molar-refractivity contribution in [2.45, 2.75) is 13.1 Å². The minimum Gasteiger partial charge on any atom is -0.439 e. The third-order valence-corrected chi connectivity index (χ3v) is 2.75. The van der Waals surface area contributed by atoms with Crippen molar-refractivity contribution in [3.8, 4) is 11.6 Å². The van der Waals surface area contributed by atoms with Gasteiger partial charge >= 0.3 is 6.18 Å². The number of benzene rings is 1. The van der Waals surface area contributed by atoms with Gasteiger partial charge in [0.25, 0.3) is 0 Å². The van der Waals surface area contributed by atoms with Gasteiger partial charge in [0.05, 0.1) is 10.6 Å². The molecule has 0 saturated carbocycles. The normalized spacial score (nSPS) is 11.4. The topological polar surface area (TPSA) is 22.1 Å². The second kappa shape index (κ2) is 5.09. The molecule has 2 rings (SSSR count). The molecule has 0 amide bonds. The molecule has 0 aliphatic heterocycles. The standard InChI is InChI=1S/C13H9ClF3NO/c1-8-3-2-6-18-12(8)19-9-4-5-11(14)10(7-9)13(15,16)17/h2-7H,1H3. The highest BCUT2D eigenvalue weighted by Gasteiger charge is 2.33. The van der Waals surface area contributed by atoms with E-state index in [0.717, 1.165) is 17.7 Å². The van der Waals surface area contributed by atoms with E-state index in [4.69, 9.17) is 16.3 Å². The molecule has 0 radical (unpaired) electrons. The number of hydrogen-bond donors (Lipinski definition) is 0. The minimum absolute atomic E-state index is 0.0403. The van der Waals surface area contributed by atoms with Gasteiger partial charge in [-0.1, -0.05) is 17.7 Å². The first-order valence-electron chi connectivity index (χ1n) is 5.34. The zero-order chi connectivity index (χ0) is 14.0. The summed E-state index contributed by atoms with van der Waals surface area (Å²) in [4.78, 5) is 3.95. The summed E-state index contributed by atoms with van der Waals surface area (Å²) in [6.07, 6.45) is -3.02. The van der Waals surface area contributed by atoms with E-state index in [2.05, 4.69) is 4.98 Å². The monoisotopic (exact) mass is 287 g/mol. The minimum atomic E-state index is -4.52. The lowest BCUT2D eigenvalue weighted by Gasteiger charge is -2.12. The number of aryl methyl sites for hydroxylation is 1. The van der Waals surface area contributed by atoms with Crippen LogP contribution in [0.4, 0.5) is 13.2 Å². The number of pyridine rings is 1. The lowest BCUT2D eigenvalue weighted by atomic mass is 10.2. The van der Waals surface area contributed by atoms with Gasteiger partial charge in [0, 0.05) is 11.8 Å². The number of alkyl halides is 3. The molecule has 1 heterocycles. The molecule has 0 bridgehead atoms. The Bertz CT molecular complexity index is 599. The third-order valence-electron chi connectivity index (χ3n) is 2.42. The summed E-state index contributed by atoms with van der Waals surface area (Å²) in [7, 11) is 0. The van der Waals surface area contributed by atoms with Gasteiger partial charge in [-0.2, -0.15) is 13.2 Å². The van der Waals surface area contributed by atoms with Crippen molar-refractivity contribution in [2.24, 2.45) is 0 Å². The summed E-state index contributed by atoms with van der Waals surface area (Å²) in [5, 5.41) is -0.363. The summed E-state index contributed by atoms with van der Waals surface area (Å²) in [5.41, 5.74) is -0.203. The zero-order valence-electron chi connectivity index (χ0n) is 9.83. The molecule has 2 aromatic rings. The number of nitrogens with zero attached hydrogens (tertiary/aromatic N) is 1. The second-order valence-electron chi connectivity index (χ2n) is 3.87. The molecule has 6 heteroatoms. The first-order valence-corrected chi connectivity index (χ1v) is 5.72. The molecule has 2 nitrogen and oxygen atoms in total. The SMILES string of the molecule is Cc1cccnc1Oc1ccc(Cl)c(C(F)(F)F)c1. The Morgan fingerprint density at radius 3 is 2.58 bits per heavy atom. The quantitative estimate of drug-likeness (QED) is 0.787. The molecule has 0 aliphatic rings. The fourth-order valence-electron chi connectivity index (χ4n) is 1.47. The maximum absolute atomic E-state index is 12.7. The second-order valence-corrected chi connectivity index (χ2v) is 4.27. The van der Waals surface area contributed by atoms with Crippen molar-refractivity contribution in [1.82, 2.24) is 4.98 Å². The molecular formula is C13H9ClF3NO. The Kier molecular flexibility index (Phi) is 3.66. The van der Waals surface area contributed by atoms with Crippen LogP contribution in [0, 0.1) is 6.92 Å². The lowest BCUT2D eigenvalue weighted by Crippen LogP contribution is -2.06. The lowest BCUT2D eigenvalue weighted by molar-refractivity contribution is -0.137. The summed E-state index contributed by atoms with van der Waals surface area (Å²) >= 11 is 5.52. The maximum Gasteiger partial charge on any atom is 0.417 e. The largest absolute Gasteiger partial charge is 0.439 e. The Morgan fingerprint density at radius 2 is 1.95 bits per heavy atom. The summed E-state index contributed by atoms with van der Waals surface area (Å²) in [6, 6.07) is 6.84. The highest BCUT2D eigenvalue weighted by atomic mass is 35.5. The Morgan fingerprint density at radius 1 is 1.21 bits per heavy atom. The molecule has 0 spiro atoms. The van der Waals surface area contributed by atoms with E-state index in [1.165, 1.54) is 12.3 Å². The molecule has 0 aliphatic carbocycles. The predicted octanol–water partition coefficient (Wildman–Crippen LogP) is 4.85. The van der Waals surface area contributed by atoms with Crippen LogP contribution in [-0.4, -0.2) is 4.98 Å². The van der Waals surface area contributed by atoms with Gasteiger partial charge in [-0.25, -0.2) is 4.98 Å². The molecule has 19 heavy (non-hydrogen) atoms. The Balaban J connectivity index is 2.35. The maximum atomic E-state index is 12.7. The fraction of sp³-hybridized carbons (Fsp3) is 0.154. The predicted molar refractivity (Wildman–Crippen MR) is 65.5 cm³/mol. The van der Waals surface area contributed by atoms with Crippen LogP contribution >= 0.6 is 11.6 Å². The van der Waals surface area contributed by atoms with Gasteiger partial charge in [0.2, 0.25) is 5.88 Å². The van der Waals surface area contributed by atoms with Crippen LogP contribution in [0.2, 0.25) is 5.02 Å². The van der Waals surface area contributed by atoms with E-state index in [0.29, 0.717) is 0 Å². The highest BCUT2D eigenvalue weighted by Crippen LogP contribution is 2.37. The van der Waals surface area contributed by atoms with Gasteiger partial charge in [0.1, 0.15) is 5.75 Å². The first kappa shape index (κ1) is 13.7. The van der Waals surface area contributed by atoms with Crippen molar-refractivity contribution in [1.29, 1.82) is 0 Å². The summed E-state index contributed by atoms with van der Waals surface area (Å²) < 4.78 is 43.4. The van der Waals surface area contributed by atoms with Gasteiger partial charge in [-0.05, 0) is 31.2 Å². The number of hydrogen-bond acceptors (Lipinski definition) is 2. The summed E-state index contributed by atoms with van der Waals surface area (Å²) in [5.74, 6) is 0.302. The highest BCUT2D eigenvalue weighted by molar-refractivity contribution is 6.31. The molecule has 0 unspecified atom stereocenters. The zero-order valence-corrected chi connectivity index (χ0v) is 10.6. The van der Waals surface area contributed by atoms with E-state index in [-0.39, 0.29) is 16.7 Å². The van der Waals surface area contributed by atoms with Crippen molar-refractivity contribution in [3.05, 3.63) is 52.7 Å². The van der Waals surface area contributed by atoms with Gasteiger partial charge in [-0.15, -0.1) is 0 Å². The van der Waals surface area contributed by atoms with Gasteiger partial charge in [-0.3, -0.25) is 0 Å². The number of halogens is 4. The molecule has 1 aromatic carbocycles. The van der Waals surface area contributed by atoms with Crippen LogP contribution in [0.15, 0.2) is 36.5 Å². The van der Waals surface area contributed by atoms with Crippen LogP contribution < -0.4 is 4.74 Å². The van der Waals surface area contributed by atoms with Crippen molar-refractivity contribution in [2.75, 3.05) is 0 Å². The number of aromatic nitrogens is 1.